The lowest BCUT2D eigenvalue weighted by Gasteiger charge is -2.18. The van der Waals surface area contributed by atoms with Gasteiger partial charge >= 0.3 is 0 Å². The third kappa shape index (κ3) is 13.7. The Kier molecular flexibility index (Phi) is 15.6. The Labute approximate surface area is 170 Å². The van der Waals surface area contributed by atoms with E-state index >= 15 is 0 Å². The van der Waals surface area contributed by atoms with Crippen LogP contribution in [0.15, 0.2) is 11.4 Å². The number of allylic oxidation sites excluding steroid dienone is 2. The average molecular weight is 399 g/mol. The van der Waals surface area contributed by atoms with Gasteiger partial charge in [0.2, 0.25) is 7.37 Å². The summed E-state index contributed by atoms with van der Waals surface area (Å²) in [5.74, 6) is 0. The SMILES string of the molecule is CCCCCCCCCCCCCCCCCCP(=O)(O)C1=CCCCC1. The third-order valence-corrected chi connectivity index (χ3v) is 8.26. The van der Waals surface area contributed by atoms with Gasteiger partial charge in [-0.25, -0.2) is 0 Å². The zero-order valence-corrected chi connectivity index (χ0v) is 19.1. The van der Waals surface area contributed by atoms with Crippen LogP contribution < -0.4 is 0 Å². The molecule has 0 amide bonds. The van der Waals surface area contributed by atoms with Gasteiger partial charge in [0.25, 0.3) is 0 Å². The summed E-state index contributed by atoms with van der Waals surface area (Å²) in [5.41, 5.74) is 0. The summed E-state index contributed by atoms with van der Waals surface area (Å²) in [7, 11) is -3.00. The van der Waals surface area contributed by atoms with Crippen LogP contribution in [-0.4, -0.2) is 11.1 Å². The second-order valence-electron chi connectivity index (χ2n) is 8.67. The summed E-state index contributed by atoms with van der Waals surface area (Å²) >= 11 is 0. The average Bonchev–Trinajstić information content (AvgIpc) is 2.68. The number of hydrogen-bond acceptors (Lipinski definition) is 1. The highest BCUT2D eigenvalue weighted by Gasteiger charge is 2.24. The van der Waals surface area contributed by atoms with Crippen LogP contribution in [0, 0.1) is 0 Å². The molecule has 1 aliphatic carbocycles. The molecule has 1 rings (SSSR count). The Morgan fingerprint density at radius 2 is 1.19 bits per heavy atom. The summed E-state index contributed by atoms with van der Waals surface area (Å²) in [6.07, 6.45) is 28.2. The number of rotatable bonds is 18. The zero-order chi connectivity index (χ0) is 19.6. The van der Waals surface area contributed by atoms with E-state index in [0.29, 0.717) is 6.16 Å². The first-order valence-electron chi connectivity index (χ1n) is 12.2. The highest BCUT2D eigenvalue weighted by Crippen LogP contribution is 2.53. The molecule has 1 N–H and O–H groups in total. The molecule has 0 aromatic carbocycles. The minimum atomic E-state index is -3.00. The van der Waals surface area contributed by atoms with Crippen LogP contribution in [0.2, 0.25) is 0 Å². The van der Waals surface area contributed by atoms with E-state index in [2.05, 4.69) is 6.92 Å². The van der Waals surface area contributed by atoms with Crippen molar-refractivity contribution >= 4 is 7.37 Å². The van der Waals surface area contributed by atoms with E-state index in [1.54, 1.807) is 0 Å². The maximum absolute atomic E-state index is 12.4. The second kappa shape index (κ2) is 16.8. The summed E-state index contributed by atoms with van der Waals surface area (Å²) in [6.45, 7) is 2.28. The van der Waals surface area contributed by atoms with Gasteiger partial charge in [-0.15, -0.1) is 0 Å². The van der Waals surface area contributed by atoms with Crippen LogP contribution in [0.1, 0.15) is 135 Å². The van der Waals surface area contributed by atoms with Crippen molar-refractivity contribution in [1.29, 1.82) is 0 Å². The van der Waals surface area contributed by atoms with E-state index < -0.39 is 7.37 Å². The van der Waals surface area contributed by atoms with Gasteiger partial charge in [0.15, 0.2) is 0 Å². The molecule has 0 bridgehead atoms. The molecular formula is C24H47O2P. The fourth-order valence-electron chi connectivity index (χ4n) is 4.16. The Hall–Kier alpha value is -0.0700. The molecule has 0 aromatic rings. The number of unbranched alkanes of at least 4 members (excludes halogenated alkanes) is 15. The molecule has 1 atom stereocenters. The molecule has 1 unspecified atom stereocenters. The first kappa shape index (κ1) is 25.0. The van der Waals surface area contributed by atoms with Gasteiger partial charge < -0.3 is 4.89 Å². The van der Waals surface area contributed by atoms with Crippen molar-refractivity contribution in [2.24, 2.45) is 0 Å². The van der Waals surface area contributed by atoms with Crippen LogP contribution in [0.3, 0.4) is 0 Å². The van der Waals surface area contributed by atoms with E-state index in [4.69, 9.17) is 0 Å². The normalized spacial score (nSPS) is 16.9. The van der Waals surface area contributed by atoms with Gasteiger partial charge in [0, 0.05) is 11.5 Å². The van der Waals surface area contributed by atoms with Gasteiger partial charge in [-0.1, -0.05) is 109 Å². The third-order valence-electron chi connectivity index (χ3n) is 6.03. The minimum Gasteiger partial charge on any atom is -0.341 e. The van der Waals surface area contributed by atoms with Gasteiger partial charge in [-0.2, -0.15) is 0 Å². The van der Waals surface area contributed by atoms with E-state index in [-0.39, 0.29) is 0 Å². The van der Waals surface area contributed by atoms with Crippen LogP contribution in [0.25, 0.3) is 0 Å². The van der Waals surface area contributed by atoms with Crippen molar-refractivity contribution in [2.75, 3.05) is 6.16 Å². The predicted octanol–water partition coefficient (Wildman–Crippen LogP) is 8.98. The Bertz CT molecular complexity index is 417. The maximum Gasteiger partial charge on any atom is 0.225 e. The van der Waals surface area contributed by atoms with Crippen LogP contribution in [0.4, 0.5) is 0 Å². The summed E-state index contributed by atoms with van der Waals surface area (Å²) in [6, 6.07) is 0. The molecule has 0 fully saturated rings. The molecule has 0 saturated carbocycles. The van der Waals surface area contributed by atoms with E-state index in [9.17, 15) is 9.46 Å². The highest BCUT2D eigenvalue weighted by molar-refractivity contribution is 7.62. The van der Waals surface area contributed by atoms with Crippen molar-refractivity contribution in [3.63, 3.8) is 0 Å². The fraction of sp³-hybridized carbons (Fsp3) is 0.917. The number of hydrogen-bond donors (Lipinski definition) is 1. The topological polar surface area (TPSA) is 37.3 Å². The summed E-state index contributed by atoms with van der Waals surface area (Å²) in [5, 5.41) is 0.870. The molecule has 27 heavy (non-hydrogen) atoms. The van der Waals surface area contributed by atoms with Crippen molar-refractivity contribution < 1.29 is 9.46 Å². The molecule has 0 heterocycles. The van der Waals surface area contributed by atoms with Crippen molar-refractivity contribution in [1.82, 2.24) is 0 Å². The predicted molar refractivity (Wildman–Crippen MR) is 121 cm³/mol. The highest BCUT2D eigenvalue weighted by atomic mass is 31.2. The zero-order valence-electron chi connectivity index (χ0n) is 18.2. The summed E-state index contributed by atoms with van der Waals surface area (Å²) in [4.78, 5) is 10.2. The van der Waals surface area contributed by atoms with Gasteiger partial charge in [-0.3, -0.25) is 4.57 Å². The summed E-state index contributed by atoms with van der Waals surface area (Å²) < 4.78 is 12.4. The molecule has 0 aliphatic heterocycles. The van der Waals surface area contributed by atoms with E-state index in [1.165, 1.54) is 96.3 Å². The van der Waals surface area contributed by atoms with Crippen molar-refractivity contribution in [2.45, 2.75) is 135 Å². The molecule has 3 heteroatoms. The molecule has 0 spiro atoms. The molecule has 0 saturated heterocycles. The Morgan fingerprint density at radius 1 is 0.741 bits per heavy atom. The monoisotopic (exact) mass is 398 g/mol. The molecule has 0 aromatic heterocycles. The lowest BCUT2D eigenvalue weighted by atomic mass is 10.0. The Balaban J connectivity index is 1.81. The lowest BCUT2D eigenvalue weighted by Crippen LogP contribution is -1.98. The molecular weight excluding hydrogens is 351 g/mol. The first-order chi connectivity index (χ1) is 13.2. The first-order valence-corrected chi connectivity index (χ1v) is 14.0. The quantitative estimate of drug-likeness (QED) is 0.185. The lowest BCUT2D eigenvalue weighted by molar-refractivity contribution is 0.476. The van der Waals surface area contributed by atoms with E-state index in [1.807, 2.05) is 6.08 Å². The van der Waals surface area contributed by atoms with Gasteiger partial charge in [0.05, 0.1) is 0 Å². The molecule has 160 valence electrons. The van der Waals surface area contributed by atoms with Crippen LogP contribution in [0.5, 0.6) is 0 Å². The smallest absolute Gasteiger partial charge is 0.225 e. The fourth-order valence-corrected chi connectivity index (χ4v) is 6.02. The molecule has 0 radical (unpaired) electrons. The Morgan fingerprint density at radius 3 is 1.59 bits per heavy atom. The molecule has 2 nitrogen and oxygen atoms in total. The largest absolute Gasteiger partial charge is 0.341 e. The van der Waals surface area contributed by atoms with Gasteiger partial charge in [-0.05, 0) is 32.1 Å². The van der Waals surface area contributed by atoms with E-state index in [0.717, 1.165) is 37.4 Å². The standard InChI is InChI=1S/C24H47O2P/c1-2-3-4-5-6-7-8-9-10-11-12-13-14-15-16-20-23-27(25,26)24-21-18-17-19-22-24/h21H,2-20,22-23H2,1H3,(H,25,26). The van der Waals surface area contributed by atoms with Crippen molar-refractivity contribution in [3.8, 4) is 0 Å². The molecule has 1 aliphatic rings. The minimum absolute atomic E-state index is 0.511. The van der Waals surface area contributed by atoms with Crippen LogP contribution in [-0.2, 0) is 4.57 Å². The van der Waals surface area contributed by atoms with Crippen LogP contribution >= 0.6 is 7.37 Å². The van der Waals surface area contributed by atoms with Gasteiger partial charge in [0.1, 0.15) is 0 Å². The maximum atomic E-state index is 12.4. The van der Waals surface area contributed by atoms with Crippen molar-refractivity contribution in [3.05, 3.63) is 11.4 Å². The second-order valence-corrected chi connectivity index (χ2v) is 11.1.